The number of hydrogen-bond donors (Lipinski definition) is 2. The Bertz CT molecular complexity index is 569. The van der Waals surface area contributed by atoms with Gasteiger partial charge in [0.25, 0.3) is 5.91 Å². The topological polar surface area (TPSA) is 75.1 Å². The van der Waals surface area contributed by atoms with Gasteiger partial charge in [0.1, 0.15) is 4.88 Å². The molecule has 5 nitrogen and oxygen atoms in total. The van der Waals surface area contributed by atoms with Crippen LogP contribution in [0.25, 0.3) is 0 Å². The Balaban J connectivity index is 2.00. The van der Waals surface area contributed by atoms with Gasteiger partial charge in [-0.15, -0.1) is 5.10 Å². The third-order valence-electron chi connectivity index (χ3n) is 2.72. The molecule has 0 saturated heterocycles. The fourth-order valence-electron chi connectivity index (χ4n) is 1.71. The van der Waals surface area contributed by atoms with Crippen molar-refractivity contribution in [1.82, 2.24) is 14.9 Å². The number of rotatable bonds is 5. The first kappa shape index (κ1) is 13.6. The molecule has 2 rings (SSSR count). The first-order valence-electron chi connectivity index (χ1n) is 6.02. The van der Waals surface area contributed by atoms with E-state index in [0.29, 0.717) is 17.8 Å². The first-order valence-corrected chi connectivity index (χ1v) is 6.80. The van der Waals surface area contributed by atoms with Crippen molar-refractivity contribution in [1.29, 1.82) is 0 Å². The van der Waals surface area contributed by atoms with Gasteiger partial charge in [-0.25, -0.2) is 0 Å². The van der Waals surface area contributed by atoms with Crippen LogP contribution in [0.1, 0.15) is 33.4 Å². The molecule has 1 heterocycles. The van der Waals surface area contributed by atoms with Crippen LogP contribution < -0.4 is 5.32 Å². The van der Waals surface area contributed by atoms with Crippen LogP contribution in [0, 0.1) is 0 Å². The van der Waals surface area contributed by atoms with Gasteiger partial charge in [-0.2, -0.15) is 0 Å². The summed E-state index contributed by atoms with van der Waals surface area (Å²) in [5.74, 6) is -0.152. The number of carbonyl (C=O) groups is 1. The Morgan fingerprint density at radius 3 is 2.95 bits per heavy atom. The second-order valence-electron chi connectivity index (χ2n) is 4.06. The van der Waals surface area contributed by atoms with Crippen molar-refractivity contribution in [2.75, 3.05) is 0 Å². The zero-order valence-corrected chi connectivity index (χ0v) is 11.4. The Hall–Kier alpha value is -1.79. The fourth-order valence-corrected chi connectivity index (χ4v) is 2.38. The normalized spacial score (nSPS) is 10.4. The summed E-state index contributed by atoms with van der Waals surface area (Å²) in [5.41, 5.74) is 2.52. The maximum absolute atomic E-state index is 12.0. The molecule has 0 atom stereocenters. The van der Waals surface area contributed by atoms with E-state index in [1.807, 2.05) is 31.2 Å². The highest BCUT2D eigenvalue weighted by Crippen LogP contribution is 2.11. The molecular weight excluding hydrogens is 262 g/mol. The van der Waals surface area contributed by atoms with Crippen molar-refractivity contribution < 1.29 is 9.90 Å². The van der Waals surface area contributed by atoms with Gasteiger partial charge in [-0.1, -0.05) is 35.7 Å². The molecule has 0 aliphatic heterocycles. The summed E-state index contributed by atoms with van der Waals surface area (Å²) in [6.45, 7) is 2.37. The van der Waals surface area contributed by atoms with E-state index in [1.165, 1.54) is 0 Å². The summed E-state index contributed by atoms with van der Waals surface area (Å²) < 4.78 is 3.79. The summed E-state index contributed by atoms with van der Waals surface area (Å²) in [6, 6.07) is 7.48. The van der Waals surface area contributed by atoms with E-state index in [4.69, 9.17) is 5.11 Å². The average Bonchev–Trinajstić information content (AvgIpc) is 2.93. The quantitative estimate of drug-likeness (QED) is 0.869. The van der Waals surface area contributed by atoms with Crippen LogP contribution >= 0.6 is 11.5 Å². The van der Waals surface area contributed by atoms with E-state index in [1.54, 1.807) is 0 Å². The van der Waals surface area contributed by atoms with E-state index in [9.17, 15) is 4.79 Å². The van der Waals surface area contributed by atoms with E-state index in [2.05, 4.69) is 14.9 Å². The molecule has 0 fully saturated rings. The number of nitrogens with one attached hydrogen (secondary N) is 1. The highest BCUT2D eigenvalue weighted by Gasteiger charge is 2.14. The molecule has 1 amide bonds. The minimum Gasteiger partial charge on any atom is -0.392 e. The van der Waals surface area contributed by atoms with Crippen LogP contribution in [0.4, 0.5) is 0 Å². The SMILES string of the molecule is CCc1nnsc1C(=O)NCc1cccc(CO)c1. The number of aromatic nitrogens is 2. The maximum Gasteiger partial charge on any atom is 0.265 e. The van der Waals surface area contributed by atoms with E-state index in [0.717, 1.165) is 28.4 Å². The fraction of sp³-hybridized carbons (Fsp3) is 0.308. The number of aryl methyl sites for hydroxylation is 1. The minimum atomic E-state index is -0.152. The summed E-state index contributed by atoms with van der Waals surface area (Å²) in [4.78, 5) is 12.6. The zero-order valence-electron chi connectivity index (χ0n) is 10.6. The van der Waals surface area contributed by atoms with Crippen LogP contribution in [-0.2, 0) is 19.6 Å². The molecule has 100 valence electrons. The van der Waals surface area contributed by atoms with Gasteiger partial charge in [0.2, 0.25) is 0 Å². The summed E-state index contributed by atoms with van der Waals surface area (Å²) in [5, 5.41) is 15.8. The molecule has 0 radical (unpaired) electrons. The minimum absolute atomic E-state index is 0.000530. The van der Waals surface area contributed by atoms with Gasteiger partial charge >= 0.3 is 0 Å². The molecule has 0 aliphatic rings. The number of nitrogens with zero attached hydrogens (tertiary/aromatic N) is 2. The summed E-state index contributed by atoms with van der Waals surface area (Å²) in [7, 11) is 0. The molecule has 19 heavy (non-hydrogen) atoms. The van der Waals surface area contributed by atoms with E-state index < -0.39 is 0 Å². The highest BCUT2D eigenvalue weighted by atomic mass is 32.1. The van der Waals surface area contributed by atoms with Crippen molar-refractivity contribution in [2.45, 2.75) is 26.5 Å². The number of benzene rings is 1. The standard InChI is InChI=1S/C13H15N3O2S/c1-2-11-12(19-16-15-11)13(18)14-7-9-4-3-5-10(6-9)8-17/h3-6,17H,2,7-8H2,1H3,(H,14,18). The molecule has 6 heteroatoms. The molecule has 2 aromatic rings. The number of amides is 1. The third kappa shape index (κ3) is 3.36. The summed E-state index contributed by atoms with van der Waals surface area (Å²) in [6.07, 6.45) is 0.694. The molecular formula is C13H15N3O2S. The van der Waals surface area contributed by atoms with Crippen LogP contribution in [0.5, 0.6) is 0 Å². The second kappa shape index (κ2) is 6.40. The number of carbonyl (C=O) groups excluding carboxylic acids is 1. The Kier molecular flexibility index (Phi) is 4.59. The molecule has 0 bridgehead atoms. The average molecular weight is 277 g/mol. The van der Waals surface area contributed by atoms with Crippen LogP contribution in [0.3, 0.4) is 0 Å². The van der Waals surface area contributed by atoms with Crippen molar-refractivity contribution in [2.24, 2.45) is 0 Å². The molecule has 1 aromatic heterocycles. The predicted molar refractivity (Wildman–Crippen MR) is 72.8 cm³/mol. The Morgan fingerprint density at radius 2 is 2.21 bits per heavy atom. The van der Waals surface area contributed by atoms with Crippen LogP contribution in [0.15, 0.2) is 24.3 Å². The van der Waals surface area contributed by atoms with Crippen LogP contribution in [0.2, 0.25) is 0 Å². The Morgan fingerprint density at radius 1 is 1.42 bits per heavy atom. The molecule has 0 spiro atoms. The van der Waals surface area contributed by atoms with Gasteiger partial charge in [0.15, 0.2) is 0 Å². The van der Waals surface area contributed by atoms with Gasteiger partial charge in [0, 0.05) is 6.54 Å². The highest BCUT2D eigenvalue weighted by molar-refractivity contribution is 7.08. The number of aliphatic hydroxyl groups is 1. The van der Waals surface area contributed by atoms with E-state index in [-0.39, 0.29) is 12.5 Å². The van der Waals surface area contributed by atoms with E-state index >= 15 is 0 Å². The van der Waals surface area contributed by atoms with Crippen molar-refractivity contribution >= 4 is 17.4 Å². The first-order chi connectivity index (χ1) is 9.24. The zero-order chi connectivity index (χ0) is 13.7. The van der Waals surface area contributed by atoms with Gasteiger partial charge < -0.3 is 10.4 Å². The number of hydrogen-bond acceptors (Lipinski definition) is 5. The van der Waals surface area contributed by atoms with Gasteiger partial charge in [0.05, 0.1) is 12.3 Å². The molecule has 1 aromatic carbocycles. The smallest absolute Gasteiger partial charge is 0.265 e. The van der Waals surface area contributed by atoms with Crippen LogP contribution in [-0.4, -0.2) is 20.6 Å². The Labute approximate surface area is 115 Å². The molecule has 0 saturated carbocycles. The monoisotopic (exact) mass is 277 g/mol. The maximum atomic E-state index is 12.0. The third-order valence-corrected chi connectivity index (χ3v) is 3.49. The number of aliphatic hydroxyl groups excluding tert-OH is 1. The van der Waals surface area contributed by atoms with Gasteiger partial charge in [-0.3, -0.25) is 4.79 Å². The van der Waals surface area contributed by atoms with Gasteiger partial charge in [-0.05, 0) is 29.1 Å². The lowest BCUT2D eigenvalue weighted by molar-refractivity contribution is 0.0954. The second-order valence-corrected chi connectivity index (χ2v) is 4.82. The molecule has 0 unspecified atom stereocenters. The lowest BCUT2D eigenvalue weighted by Gasteiger charge is -2.05. The van der Waals surface area contributed by atoms with Crippen molar-refractivity contribution in [3.8, 4) is 0 Å². The summed E-state index contributed by atoms with van der Waals surface area (Å²) >= 11 is 1.11. The lowest BCUT2D eigenvalue weighted by Crippen LogP contribution is -2.23. The molecule has 0 aliphatic carbocycles. The predicted octanol–water partition coefficient (Wildman–Crippen LogP) is 1.52. The lowest BCUT2D eigenvalue weighted by atomic mass is 10.1. The van der Waals surface area contributed by atoms with Crippen molar-refractivity contribution in [3.63, 3.8) is 0 Å². The molecule has 2 N–H and O–H groups in total. The van der Waals surface area contributed by atoms with Crippen molar-refractivity contribution in [3.05, 3.63) is 46.0 Å². The largest absolute Gasteiger partial charge is 0.392 e.